The number of hydrogen-bond donors (Lipinski definition) is 1. The monoisotopic (exact) mass is 223 g/mol. The molecule has 1 saturated carbocycles. The van der Waals surface area contributed by atoms with Crippen molar-refractivity contribution in [1.82, 2.24) is 10.2 Å². The fraction of sp³-hybridized carbons (Fsp3) is 0.833. The maximum absolute atomic E-state index is 11.4. The van der Waals surface area contributed by atoms with Crippen LogP contribution >= 0.6 is 0 Å². The number of nitrogens with one attached hydrogen (secondary N) is 1. The second-order valence-corrected chi connectivity index (χ2v) is 4.65. The molecule has 2 atom stereocenters. The SMILES string of the molecule is CN(C)C(=O)CNC1CCCCCC1C#N. The smallest absolute Gasteiger partial charge is 0.236 e. The van der Waals surface area contributed by atoms with Crippen molar-refractivity contribution < 1.29 is 4.79 Å². The van der Waals surface area contributed by atoms with Crippen LogP contribution in [0.15, 0.2) is 0 Å². The lowest BCUT2D eigenvalue weighted by Crippen LogP contribution is -2.41. The Morgan fingerprint density at radius 1 is 1.38 bits per heavy atom. The van der Waals surface area contributed by atoms with Crippen molar-refractivity contribution in [3.8, 4) is 6.07 Å². The van der Waals surface area contributed by atoms with Gasteiger partial charge in [0.25, 0.3) is 0 Å². The highest BCUT2D eigenvalue weighted by molar-refractivity contribution is 5.77. The normalized spacial score (nSPS) is 25.6. The van der Waals surface area contributed by atoms with Gasteiger partial charge in [0.05, 0.1) is 18.5 Å². The van der Waals surface area contributed by atoms with Crippen molar-refractivity contribution >= 4 is 5.91 Å². The third-order valence-electron chi connectivity index (χ3n) is 3.20. The fourth-order valence-electron chi connectivity index (χ4n) is 2.08. The van der Waals surface area contributed by atoms with E-state index in [2.05, 4.69) is 11.4 Å². The van der Waals surface area contributed by atoms with E-state index in [0.717, 1.165) is 25.7 Å². The van der Waals surface area contributed by atoms with Gasteiger partial charge in [0, 0.05) is 20.1 Å². The van der Waals surface area contributed by atoms with Crippen LogP contribution in [0, 0.1) is 17.2 Å². The zero-order valence-corrected chi connectivity index (χ0v) is 10.2. The van der Waals surface area contributed by atoms with E-state index >= 15 is 0 Å². The zero-order valence-electron chi connectivity index (χ0n) is 10.2. The number of amides is 1. The van der Waals surface area contributed by atoms with Crippen LogP contribution < -0.4 is 5.32 Å². The van der Waals surface area contributed by atoms with Gasteiger partial charge in [-0.05, 0) is 12.8 Å². The Morgan fingerprint density at radius 2 is 2.06 bits per heavy atom. The van der Waals surface area contributed by atoms with Crippen LogP contribution in [0.4, 0.5) is 0 Å². The summed E-state index contributed by atoms with van der Waals surface area (Å²) in [5.74, 6) is 0.137. The van der Waals surface area contributed by atoms with E-state index in [0.29, 0.717) is 6.54 Å². The minimum Gasteiger partial charge on any atom is -0.348 e. The minimum absolute atomic E-state index is 0.0671. The molecule has 0 bridgehead atoms. The van der Waals surface area contributed by atoms with E-state index in [-0.39, 0.29) is 17.9 Å². The van der Waals surface area contributed by atoms with Crippen molar-refractivity contribution in [2.24, 2.45) is 5.92 Å². The summed E-state index contributed by atoms with van der Waals surface area (Å²) in [5.41, 5.74) is 0. The van der Waals surface area contributed by atoms with Crippen LogP contribution in [0.2, 0.25) is 0 Å². The van der Waals surface area contributed by atoms with Crippen LogP contribution in [0.5, 0.6) is 0 Å². The highest BCUT2D eigenvalue weighted by Crippen LogP contribution is 2.22. The lowest BCUT2D eigenvalue weighted by atomic mass is 9.96. The van der Waals surface area contributed by atoms with Gasteiger partial charge in [-0.3, -0.25) is 4.79 Å². The van der Waals surface area contributed by atoms with Crippen molar-refractivity contribution in [1.29, 1.82) is 5.26 Å². The quantitative estimate of drug-likeness (QED) is 0.730. The highest BCUT2D eigenvalue weighted by atomic mass is 16.2. The molecular formula is C12H21N3O. The maximum Gasteiger partial charge on any atom is 0.236 e. The van der Waals surface area contributed by atoms with Gasteiger partial charge in [-0.2, -0.15) is 5.26 Å². The van der Waals surface area contributed by atoms with Crippen LogP contribution in [0.25, 0.3) is 0 Å². The molecule has 4 nitrogen and oxygen atoms in total. The molecule has 1 fully saturated rings. The number of carbonyl (C=O) groups is 1. The standard InChI is InChI=1S/C12H21N3O/c1-15(2)12(16)9-14-11-7-5-3-4-6-10(11)8-13/h10-11,14H,3-7,9H2,1-2H3. The number of hydrogen-bond acceptors (Lipinski definition) is 3. The lowest BCUT2D eigenvalue weighted by molar-refractivity contribution is -0.127. The van der Waals surface area contributed by atoms with E-state index in [1.165, 1.54) is 6.42 Å². The number of rotatable bonds is 3. The Kier molecular flexibility index (Phi) is 5.27. The Hall–Kier alpha value is -1.08. The molecule has 1 amide bonds. The lowest BCUT2D eigenvalue weighted by Gasteiger charge is -2.21. The Bertz CT molecular complexity index is 270. The number of nitriles is 1. The molecule has 1 aliphatic carbocycles. The fourth-order valence-corrected chi connectivity index (χ4v) is 2.08. The Morgan fingerprint density at radius 3 is 2.69 bits per heavy atom. The third-order valence-corrected chi connectivity index (χ3v) is 3.20. The minimum atomic E-state index is 0.0671. The molecule has 0 spiro atoms. The predicted molar refractivity (Wildman–Crippen MR) is 62.7 cm³/mol. The van der Waals surface area contributed by atoms with Crippen LogP contribution in [0.3, 0.4) is 0 Å². The molecule has 0 aromatic rings. The summed E-state index contributed by atoms with van der Waals surface area (Å²) >= 11 is 0. The van der Waals surface area contributed by atoms with E-state index in [9.17, 15) is 4.79 Å². The topological polar surface area (TPSA) is 56.1 Å². The summed E-state index contributed by atoms with van der Waals surface area (Å²) in [6.45, 7) is 0.343. The molecule has 90 valence electrons. The van der Waals surface area contributed by atoms with Gasteiger partial charge in [-0.15, -0.1) is 0 Å². The van der Waals surface area contributed by atoms with Crippen molar-refractivity contribution in [2.75, 3.05) is 20.6 Å². The first-order chi connectivity index (χ1) is 7.65. The second kappa shape index (κ2) is 6.49. The molecule has 1 N–H and O–H groups in total. The molecule has 2 unspecified atom stereocenters. The van der Waals surface area contributed by atoms with Gasteiger partial charge in [-0.25, -0.2) is 0 Å². The average Bonchev–Trinajstić information content (AvgIpc) is 2.50. The van der Waals surface area contributed by atoms with Crippen LogP contribution in [0.1, 0.15) is 32.1 Å². The summed E-state index contributed by atoms with van der Waals surface area (Å²) < 4.78 is 0. The summed E-state index contributed by atoms with van der Waals surface area (Å²) in [4.78, 5) is 13.0. The van der Waals surface area contributed by atoms with Gasteiger partial charge in [0.1, 0.15) is 0 Å². The molecule has 1 rings (SSSR count). The summed E-state index contributed by atoms with van der Waals surface area (Å²) in [6, 6.07) is 2.55. The molecule has 0 radical (unpaired) electrons. The molecular weight excluding hydrogens is 202 g/mol. The summed E-state index contributed by atoms with van der Waals surface area (Å²) in [7, 11) is 3.50. The largest absolute Gasteiger partial charge is 0.348 e. The van der Waals surface area contributed by atoms with Gasteiger partial charge in [0.2, 0.25) is 5.91 Å². The van der Waals surface area contributed by atoms with Gasteiger partial charge < -0.3 is 10.2 Å². The van der Waals surface area contributed by atoms with E-state index in [4.69, 9.17) is 5.26 Å². The Labute approximate surface area is 97.6 Å². The van der Waals surface area contributed by atoms with Crippen molar-refractivity contribution in [3.05, 3.63) is 0 Å². The first-order valence-electron chi connectivity index (χ1n) is 5.98. The molecule has 0 aliphatic heterocycles. The predicted octanol–water partition coefficient (Wildman–Crippen LogP) is 1.14. The van der Waals surface area contributed by atoms with E-state index < -0.39 is 0 Å². The highest BCUT2D eigenvalue weighted by Gasteiger charge is 2.23. The van der Waals surface area contributed by atoms with Crippen molar-refractivity contribution in [2.45, 2.75) is 38.1 Å². The molecule has 4 heteroatoms. The van der Waals surface area contributed by atoms with Gasteiger partial charge >= 0.3 is 0 Å². The molecule has 0 heterocycles. The second-order valence-electron chi connectivity index (χ2n) is 4.65. The molecule has 16 heavy (non-hydrogen) atoms. The molecule has 0 aromatic carbocycles. The number of likely N-dealkylation sites (N-methyl/N-ethyl adjacent to an activating group) is 1. The summed E-state index contributed by atoms with van der Waals surface area (Å²) in [6.07, 6.45) is 5.48. The molecule has 0 saturated heterocycles. The van der Waals surface area contributed by atoms with Crippen LogP contribution in [-0.2, 0) is 4.79 Å². The van der Waals surface area contributed by atoms with Gasteiger partial charge in [-0.1, -0.05) is 19.3 Å². The molecule has 0 aromatic heterocycles. The first kappa shape index (κ1) is 13.0. The van der Waals surface area contributed by atoms with Gasteiger partial charge in [0.15, 0.2) is 0 Å². The zero-order chi connectivity index (χ0) is 12.0. The summed E-state index contributed by atoms with van der Waals surface area (Å²) in [5, 5.41) is 12.3. The molecule has 1 aliphatic rings. The van der Waals surface area contributed by atoms with Crippen molar-refractivity contribution in [3.63, 3.8) is 0 Å². The van der Waals surface area contributed by atoms with E-state index in [1.54, 1.807) is 19.0 Å². The average molecular weight is 223 g/mol. The first-order valence-corrected chi connectivity index (χ1v) is 5.98. The van der Waals surface area contributed by atoms with E-state index in [1.807, 2.05) is 0 Å². The third kappa shape index (κ3) is 3.82. The Balaban J connectivity index is 2.43. The number of nitrogens with zero attached hydrogens (tertiary/aromatic N) is 2. The number of carbonyl (C=O) groups excluding carboxylic acids is 1. The maximum atomic E-state index is 11.4. The van der Waals surface area contributed by atoms with Crippen LogP contribution in [-0.4, -0.2) is 37.5 Å².